The molecule has 1 saturated heterocycles. The Morgan fingerprint density at radius 1 is 1.86 bits per heavy atom. The van der Waals surface area contributed by atoms with Crippen molar-refractivity contribution in [1.82, 2.24) is 4.90 Å². The Morgan fingerprint density at radius 3 is 3.14 bits per heavy atom. The summed E-state index contributed by atoms with van der Waals surface area (Å²) in [7, 11) is 0. The fourth-order valence-electron chi connectivity index (χ4n) is 1.47. The second kappa shape index (κ2) is 4.99. The fraction of sp³-hybridized carbons (Fsp3) is 0.700. The number of terminal acetylenes is 1. The molecule has 0 aromatic rings. The Labute approximate surface area is 84.4 Å². The van der Waals surface area contributed by atoms with E-state index in [0.717, 1.165) is 0 Å². The van der Waals surface area contributed by atoms with Crippen LogP contribution >= 0.6 is 0 Å². The Hall–Kier alpha value is -1.05. The molecule has 1 amide bonds. The minimum absolute atomic E-state index is 0.0712. The summed E-state index contributed by atoms with van der Waals surface area (Å²) in [6.45, 7) is 3.74. The highest BCUT2D eigenvalue weighted by atomic mass is 16.5. The van der Waals surface area contributed by atoms with Gasteiger partial charge in [0.1, 0.15) is 0 Å². The van der Waals surface area contributed by atoms with Crippen LogP contribution in [0.5, 0.6) is 0 Å². The van der Waals surface area contributed by atoms with E-state index in [1.54, 1.807) is 4.90 Å². The van der Waals surface area contributed by atoms with Crippen LogP contribution in [0.3, 0.4) is 0 Å². The maximum absolute atomic E-state index is 11.7. The predicted molar refractivity (Wildman–Crippen MR) is 53.4 cm³/mol. The summed E-state index contributed by atoms with van der Waals surface area (Å²) in [5, 5.41) is 0. The van der Waals surface area contributed by atoms with Gasteiger partial charge in [-0.15, -0.1) is 12.3 Å². The van der Waals surface area contributed by atoms with Crippen molar-refractivity contribution in [3.8, 4) is 12.3 Å². The van der Waals surface area contributed by atoms with Gasteiger partial charge in [-0.05, 0) is 6.92 Å². The third-order valence-corrected chi connectivity index (χ3v) is 2.21. The molecule has 78 valence electrons. The minimum Gasteiger partial charge on any atom is -0.375 e. The SMILES string of the molecule is C#CCC(N)C(=O)N1CCOC(C)C1. The first-order valence-electron chi connectivity index (χ1n) is 4.74. The van der Waals surface area contributed by atoms with Crippen LogP contribution < -0.4 is 5.73 Å². The number of ether oxygens (including phenoxy) is 1. The molecule has 1 heterocycles. The number of hydrogen-bond acceptors (Lipinski definition) is 3. The highest BCUT2D eigenvalue weighted by Crippen LogP contribution is 2.06. The van der Waals surface area contributed by atoms with Gasteiger partial charge in [-0.1, -0.05) is 0 Å². The van der Waals surface area contributed by atoms with Gasteiger partial charge in [0.15, 0.2) is 0 Å². The summed E-state index contributed by atoms with van der Waals surface area (Å²) in [5.41, 5.74) is 5.63. The van der Waals surface area contributed by atoms with Gasteiger partial charge in [-0.25, -0.2) is 0 Å². The van der Waals surface area contributed by atoms with Crippen molar-refractivity contribution < 1.29 is 9.53 Å². The third kappa shape index (κ3) is 2.72. The molecular formula is C10H16N2O2. The quantitative estimate of drug-likeness (QED) is 0.610. The van der Waals surface area contributed by atoms with Gasteiger partial charge >= 0.3 is 0 Å². The average Bonchev–Trinajstić information content (AvgIpc) is 2.17. The number of carbonyl (C=O) groups is 1. The van der Waals surface area contributed by atoms with E-state index in [2.05, 4.69) is 5.92 Å². The summed E-state index contributed by atoms with van der Waals surface area (Å²) < 4.78 is 5.32. The molecule has 1 aliphatic heterocycles. The third-order valence-electron chi connectivity index (χ3n) is 2.21. The van der Waals surface area contributed by atoms with Crippen LogP contribution in [0.1, 0.15) is 13.3 Å². The molecule has 4 nitrogen and oxygen atoms in total. The molecule has 4 heteroatoms. The normalized spacial score (nSPS) is 24.1. The van der Waals surface area contributed by atoms with E-state index in [4.69, 9.17) is 16.9 Å². The monoisotopic (exact) mass is 196 g/mol. The van der Waals surface area contributed by atoms with E-state index < -0.39 is 6.04 Å². The second-order valence-electron chi connectivity index (χ2n) is 3.48. The minimum atomic E-state index is -0.565. The van der Waals surface area contributed by atoms with Crippen molar-refractivity contribution in [3.63, 3.8) is 0 Å². The Balaban J connectivity index is 2.47. The molecule has 2 atom stereocenters. The van der Waals surface area contributed by atoms with Crippen LogP contribution in [-0.2, 0) is 9.53 Å². The van der Waals surface area contributed by atoms with Crippen molar-refractivity contribution in [1.29, 1.82) is 0 Å². The van der Waals surface area contributed by atoms with Crippen LogP contribution in [-0.4, -0.2) is 42.6 Å². The molecule has 1 rings (SSSR count). The first-order valence-corrected chi connectivity index (χ1v) is 4.74. The smallest absolute Gasteiger partial charge is 0.240 e. The summed E-state index contributed by atoms with van der Waals surface area (Å²) in [6, 6.07) is -0.565. The van der Waals surface area contributed by atoms with Crippen LogP contribution in [0.2, 0.25) is 0 Å². The molecule has 1 fully saturated rings. The van der Waals surface area contributed by atoms with Gasteiger partial charge in [-0.3, -0.25) is 4.79 Å². The van der Waals surface area contributed by atoms with Gasteiger partial charge in [0.25, 0.3) is 0 Å². The Kier molecular flexibility index (Phi) is 3.93. The van der Waals surface area contributed by atoms with E-state index in [1.807, 2.05) is 6.92 Å². The molecule has 2 N–H and O–H groups in total. The van der Waals surface area contributed by atoms with Gasteiger partial charge in [0.05, 0.1) is 18.8 Å². The summed E-state index contributed by atoms with van der Waals surface area (Å²) >= 11 is 0. The van der Waals surface area contributed by atoms with Gasteiger partial charge in [0.2, 0.25) is 5.91 Å². The van der Waals surface area contributed by atoms with Gasteiger partial charge in [-0.2, -0.15) is 0 Å². The Bertz CT molecular complexity index is 247. The topological polar surface area (TPSA) is 55.6 Å². The van der Waals surface area contributed by atoms with Crippen molar-refractivity contribution in [2.45, 2.75) is 25.5 Å². The van der Waals surface area contributed by atoms with E-state index in [0.29, 0.717) is 26.1 Å². The van der Waals surface area contributed by atoms with Crippen molar-refractivity contribution in [2.24, 2.45) is 5.73 Å². The predicted octanol–water partition coefficient (Wildman–Crippen LogP) is -0.416. The zero-order valence-corrected chi connectivity index (χ0v) is 8.40. The zero-order chi connectivity index (χ0) is 10.6. The lowest BCUT2D eigenvalue weighted by atomic mass is 10.2. The number of nitrogens with zero attached hydrogens (tertiary/aromatic N) is 1. The van der Waals surface area contributed by atoms with Gasteiger partial charge < -0.3 is 15.4 Å². The van der Waals surface area contributed by atoms with Crippen molar-refractivity contribution in [3.05, 3.63) is 0 Å². The number of nitrogens with two attached hydrogens (primary N) is 1. The molecule has 0 aromatic heterocycles. The second-order valence-corrected chi connectivity index (χ2v) is 3.48. The fourth-order valence-corrected chi connectivity index (χ4v) is 1.47. The molecule has 0 radical (unpaired) electrons. The van der Waals surface area contributed by atoms with Crippen molar-refractivity contribution >= 4 is 5.91 Å². The van der Waals surface area contributed by atoms with E-state index in [-0.39, 0.29) is 12.0 Å². The molecule has 0 spiro atoms. The van der Waals surface area contributed by atoms with Crippen LogP contribution in [0.4, 0.5) is 0 Å². The number of morpholine rings is 1. The highest BCUT2D eigenvalue weighted by molar-refractivity contribution is 5.82. The molecule has 0 saturated carbocycles. The standard InChI is InChI=1S/C10H16N2O2/c1-3-4-9(11)10(13)12-5-6-14-8(2)7-12/h1,8-9H,4-7,11H2,2H3. The molecule has 0 aromatic carbocycles. The molecule has 14 heavy (non-hydrogen) atoms. The first-order chi connectivity index (χ1) is 6.65. The summed E-state index contributed by atoms with van der Waals surface area (Å²) in [4.78, 5) is 13.4. The maximum atomic E-state index is 11.7. The highest BCUT2D eigenvalue weighted by Gasteiger charge is 2.24. The number of hydrogen-bond donors (Lipinski definition) is 1. The Morgan fingerprint density at radius 2 is 2.57 bits per heavy atom. The number of carbonyl (C=O) groups excluding carboxylic acids is 1. The molecule has 2 unspecified atom stereocenters. The lowest BCUT2D eigenvalue weighted by Crippen LogP contribution is -2.50. The number of amides is 1. The average molecular weight is 196 g/mol. The number of rotatable bonds is 2. The van der Waals surface area contributed by atoms with Crippen molar-refractivity contribution in [2.75, 3.05) is 19.7 Å². The van der Waals surface area contributed by atoms with Crippen LogP contribution in [0.25, 0.3) is 0 Å². The molecule has 0 aliphatic carbocycles. The maximum Gasteiger partial charge on any atom is 0.240 e. The zero-order valence-electron chi connectivity index (χ0n) is 8.40. The molecule has 0 bridgehead atoms. The molecule has 1 aliphatic rings. The summed E-state index contributed by atoms with van der Waals surface area (Å²) in [5.74, 6) is 2.32. The largest absolute Gasteiger partial charge is 0.375 e. The lowest BCUT2D eigenvalue weighted by molar-refractivity contribution is -0.139. The van der Waals surface area contributed by atoms with Gasteiger partial charge in [0, 0.05) is 19.5 Å². The van der Waals surface area contributed by atoms with Crippen LogP contribution in [0.15, 0.2) is 0 Å². The lowest BCUT2D eigenvalue weighted by Gasteiger charge is -2.32. The van der Waals surface area contributed by atoms with E-state index in [9.17, 15) is 4.79 Å². The van der Waals surface area contributed by atoms with Crippen LogP contribution in [0, 0.1) is 12.3 Å². The van der Waals surface area contributed by atoms with E-state index in [1.165, 1.54) is 0 Å². The first kappa shape index (κ1) is 11.0. The molecular weight excluding hydrogens is 180 g/mol. The van der Waals surface area contributed by atoms with E-state index >= 15 is 0 Å². The summed E-state index contributed by atoms with van der Waals surface area (Å²) in [6.07, 6.45) is 5.48.